The van der Waals surface area contributed by atoms with E-state index in [1.165, 1.54) is 289 Å². The van der Waals surface area contributed by atoms with Gasteiger partial charge in [-0.15, -0.1) is 0 Å². The van der Waals surface area contributed by atoms with Crippen molar-refractivity contribution in [1.82, 2.24) is 0 Å². The normalized spacial score (nSPS) is 13.7. The number of phosphoric acid groups is 2. The molecular formula is C84H164O17P2. The highest BCUT2D eigenvalue weighted by Gasteiger charge is 2.30. The quantitative estimate of drug-likeness (QED) is 0.0222. The Hall–Kier alpha value is -1.94. The highest BCUT2D eigenvalue weighted by Crippen LogP contribution is 2.45. The van der Waals surface area contributed by atoms with Crippen molar-refractivity contribution in [3.05, 3.63) is 0 Å². The molecule has 17 nitrogen and oxygen atoms in total. The van der Waals surface area contributed by atoms with E-state index in [4.69, 9.17) is 37.0 Å². The van der Waals surface area contributed by atoms with Crippen LogP contribution in [0.25, 0.3) is 0 Å². The molecule has 0 amide bonds. The maximum atomic E-state index is 13.1. The summed E-state index contributed by atoms with van der Waals surface area (Å²) in [5, 5.41) is 10.7. The van der Waals surface area contributed by atoms with Crippen LogP contribution in [-0.4, -0.2) is 96.7 Å². The second kappa shape index (κ2) is 78.2. The van der Waals surface area contributed by atoms with Crippen molar-refractivity contribution in [3.8, 4) is 0 Å². The Balaban J connectivity index is 5.19. The van der Waals surface area contributed by atoms with Crippen molar-refractivity contribution >= 4 is 39.5 Å². The van der Waals surface area contributed by atoms with Crippen molar-refractivity contribution in [2.45, 2.75) is 476 Å². The maximum absolute atomic E-state index is 13.1. The van der Waals surface area contributed by atoms with Crippen LogP contribution in [0.3, 0.4) is 0 Å². The zero-order chi connectivity index (χ0) is 75.3. The van der Waals surface area contributed by atoms with Gasteiger partial charge in [-0.3, -0.25) is 37.3 Å². The lowest BCUT2D eigenvalue weighted by Gasteiger charge is -2.21. The van der Waals surface area contributed by atoms with Crippen molar-refractivity contribution < 1.29 is 80.2 Å². The Morgan fingerprint density at radius 2 is 0.388 bits per heavy atom. The topological polar surface area (TPSA) is 237 Å². The number of esters is 4. The molecule has 0 bridgehead atoms. The second-order valence-electron chi connectivity index (χ2n) is 30.2. The van der Waals surface area contributed by atoms with Gasteiger partial charge >= 0.3 is 39.5 Å². The van der Waals surface area contributed by atoms with Gasteiger partial charge in [-0.1, -0.05) is 407 Å². The molecule has 0 spiro atoms. The molecule has 0 aromatic rings. The Labute approximate surface area is 632 Å². The van der Waals surface area contributed by atoms with E-state index in [-0.39, 0.29) is 25.7 Å². The van der Waals surface area contributed by atoms with Crippen LogP contribution in [0.4, 0.5) is 0 Å². The fraction of sp³-hybridized carbons (Fsp3) is 0.952. The summed E-state index contributed by atoms with van der Waals surface area (Å²) in [4.78, 5) is 73.1. The van der Waals surface area contributed by atoms with Crippen LogP contribution in [0.1, 0.15) is 458 Å². The molecule has 2 unspecified atom stereocenters. The van der Waals surface area contributed by atoms with E-state index in [2.05, 4.69) is 27.7 Å². The molecule has 3 N–H and O–H groups in total. The standard InChI is InChI=1S/C84H164O17P2/c1-5-9-13-17-21-25-29-31-33-35-37-38-39-41-43-45-47-51-55-59-63-67-71-84(89)101-80(75-95-82(87)69-65-61-57-53-50-46-44-42-40-36-34-32-30-26-22-18-14-10-6-2)77-99-103(92,93)97-73-78(85)72-96-102(90,91)98-76-79(100-83(88)70-66-62-58-54-49-28-24-20-16-12-8-4)74-94-81(86)68-64-60-56-52-48-27-23-19-15-11-7-3/h78-80,85H,5-77H2,1-4H3,(H,90,91)(H,92,93)/t78-,79+,80+/m0/s1. The monoisotopic (exact) mass is 1510 g/mol. The number of ether oxygens (including phenoxy) is 4. The number of aliphatic hydroxyl groups is 1. The maximum Gasteiger partial charge on any atom is 0.472 e. The first-order valence-electron chi connectivity index (χ1n) is 43.8. The Bertz CT molecular complexity index is 1950. The molecule has 0 saturated carbocycles. The van der Waals surface area contributed by atoms with Gasteiger partial charge in [0.05, 0.1) is 26.4 Å². The van der Waals surface area contributed by atoms with E-state index in [0.717, 1.165) is 89.9 Å². The summed E-state index contributed by atoms with van der Waals surface area (Å²) < 4.78 is 68.8. The van der Waals surface area contributed by atoms with Gasteiger partial charge in [0.15, 0.2) is 12.2 Å². The minimum absolute atomic E-state index is 0.108. The smallest absolute Gasteiger partial charge is 0.462 e. The van der Waals surface area contributed by atoms with Gasteiger partial charge in [0.1, 0.15) is 19.3 Å². The zero-order valence-electron chi connectivity index (χ0n) is 67.3. The Morgan fingerprint density at radius 3 is 0.573 bits per heavy atom. The molecule has 612 valence electrons. The Kier molecular flexibility index (Phi) is 76.7. The van der Waals surface area contributed by atoms with Gasteiger partial charge in [0.2, 0.25) is 0 Å². The summed E-state index contributed by atoms with van der Waals surface area (Å²) >= 11 is 0. The fourth-order valence-electron chi connectivity index (χ4n) is 13.2. The minimum Gasteiger partial charge on any atom is -0.462 e. The zero-order valence-corrected chi connectivity index (χ0v) is 69.1. The summed E-state index contributed by atoms with van der Waals surface area (Å²) in [7, 11) is -9.92. The number of unbranched alkanes of at least 4 members (excludes halogenated alkanes) is 59. The van der Waals surface area contributed by atoms with Crippen LogP contribution >= 0.6 is 15.6 Å². The van der Waals surface area contributed by atoms with Gasteiger partial charge in [-0.25, -0.2) is 9.13 Å². The largest absolute Gasteiger partial charge is 0.472 e. The van der Waals surface area contributed by atoms with Crippen LogP contribution in [0, 0.1) is 0 Å². The summed E-state index contributed by atoms with van der Waals surface area (Å²) in [5.41, 5.74) is 0. The predicted octanol–water partition coefficient (Wildman–Crippen LogP) is 25.7. The number of aliphatic hydroxyl groups excluding tert-OH is 1. The first-order chi connectivity index (χ1) is 50.2. The van der Waals surface area contributed by atoms with Crippen molar-refractivity contribution in [1.29, 1.82) is 0 Å². The van der Waals surface area contributed by atoms with E-state index >= 15 is 0 Å². The van der Waals surface area contributed by atoms with E-state index in [1.807, 2.05) is 0 Å². The molecule has 0 heterocycles. The third-order valence-electron chi connectivity index (χ3n) is 19.9. The highest BCUT2D eigenvalue weighted by molar-refractivity contribution is 7.47. The average Bonchev–Trinajstić information content (AvgIpc) is 0.980. The molecule has 0 fully saturated rings. The van der Waals surface area contributed by atoms with Gasteiger partial charge in [0, 0.05) is 25.7 Å². The summed E-state index contributed by atoms with van der Waals surface area (Å²) in [6.07, 6.45) is 72.3. The molecule has 0 aliphatic heterocycles. The van der Waals surface area contributed by atoms with Gasteiger partial charge in [0.25, 0.3) is 0 Å². The SMILES string of the molecule is CCCCCCCCCCCCCCCCCCCCCCCCC(=O)O[C@H](COC(=O)CCCCCCCCCCCCCCCCCCCCC)COP(=O)(O)OC[C@@H](O)COP(=O)(O)OC[C@@H](COC(=O)CCCCCCCCCCCCC)OC(=O)CCCCCCCCCCCCC. The van der Waals surface area contributed by atoms with E-state index in [9.17, 15) is 43.2 Å². The molecule has 0 radical (unpaired) electrons. The van der Waals surface area contributed by atoms with Crippen LogP contribution in [-0.2, 0) is 65.4 Å². The molecule has 0 rings (SSSR count). The lowest BCUT2D eigenvalue weighted by Crippen LogP contribution is -2.30. The third-order valence-corrected chi connectivity index (χ3v) is 21.8. The van der Waals surface area contributed by atoms with E-state index in [0.29, 0.717) is 25.7 Å². The highest BCUT2D eigenvalue weighted by atomic mass is 31.2. The van der Waals surface area contributed by atoms with Crippen LogP contribution < -0.4 is 0 Å². The van der Waals surface area contributed by atoms with Crippen LogP contribution in [0.2, 0.25) is 0 Å². The van der Waals surface area contributed by atoms with Crippen molar-refractivity contribution in [3.63, 3.8) is 0 Å². The molecular weight excluding hydrogens is 1340 g/mol. The second-order valence-corrected chi connectivity index (χ2v) is 33.1. The number of hydrogen-bond donors (Lipinski definition) is 3. The predicted molar refractivity (Wildman–Crippen MR) is 423 cm³/mol. The molecule has 0 saturated heterocycles. The average molecular weight is 1510 g/mol. The molecule has 0 aliphatic rings. The lowest BCUT2D eigenvalue weighted by molar-refractivity contribution is -0.161. The number of phosphoric ester groups is 2. The van der Waals surface area contributed by atoms with E-state index < -0.39 is 97.5 Å². The molecule has 103 heavy (non-hydrogen) atoms. The molecule has 19 heteroatoms. The number of hydrogen-bond acceptors (Lipinski definition) is 15. The first-order valence-corrected chi connectivity index (χ1v) is 46.8. The summed E-state index contributed by atoms with van der Waals surface area (Å²) in [6.45, 7) is 5.03. The van der Waals surface area contributed by atoms with Gasteiger partial charge in [-0.2, -0.15) is 0 Å². The number of rotatable bonds is 85. The number of carbonyl (C=O) groups excluding carboxylic acids is 4. The molecule has 0 aromatic heterocycles. The third kappa shape index (κ3) is 78.0. The molecule has 0 aliphatic carbocycles. The number of carbonyl (C=O) groups is 4. The van der Waals surface area contributed by atoms with Crippen molar-refractivity contribution in [2.75, 3.05) is 39.6 Å². The van der Waals surface area contributed by atoms with Crippen molar-refractivity contribution in [2.24, 2.45) is 0 Å². The van der Waals surface area contributed by atoms with Gasteiger partial charge < -0.3 is 33.8 Å². The van der Waals surface area contributed by atoms with E-state index in [1.54, 1.807) is 0 Å². The van der Waals surface area contributed by atoms with Crippen LogP contribution in [0.5, 0.6) is 0 Å². The summed E-state index contributed by atoms with van der Waals surface area (Å²) in [6, 6.07) is 0. The first kappa shape index (κ1) is 101. The Morgan fingerprint density at radius 1 is 0.233 bits per heavy atom. The summed E-state index contributed by atoms with van der Waals surface area (Å²) in [5.74, 6) is -2.10. The molecule has 5 atom stereocenters. The fourth-order valence-corrected chi connectivity index (χ4v) is 14.7. The van der Waals surface area contributed by atoms with Crippen LogP contribution in [0.15, 0.2) is 0 Å². The molecule has 0 aromatic carbocycles. The lowest BCUT2D eigenvalue weighted by atomic mass is 10.0. The minimum atomic E-state index is -4.96. The van der Waals surface area contributed by atoms with Gasteiger partial charge in [-0.05, 0) is 25.7 Å².